The van der Waals surface area contributed by atoms with E-state index in [9.17, 15) is 9.59 Å². The van der Waals surface area contributed by atoms with Crippen molar-refractivity contribution in [3.63, 3.8) is 0 Å². The van der Waals surface area contributed by atoms with Crippen molar-refractivity contribution in [2.75, 3.05) is 13.2 Å². The van der Waals surface area contributed by atoms with Gasteiger partial charge < -0.3 is 13.9 Å². The molecular weight excluding hydrogens is 336 g/mol. The molecule has 1 fully saturated rings. The molecule has 0 saturated heterocycles. The van der Waals surface area contributed by atoms with Crippen molar-refractivity contribution in [1.29, 1.82) is 0 Å². The first kappa shape index (κ1) is 21.5. The average molecular weight is 369 g/mol. The van der Waals surface area contributed by atoms with Crippen LogP contribution in [0.15, 0.2) is 24.5 Å². The maximum Gasteiger partial charge on any atom is 0.316 e. The lowest BCUT2D eigenvalue weighted by Crippen LogP contribution is -2.39. The Morgan fingerprint density at radius 3 is 2.24 bits per heavy atom. The quantitative estimate of drug-likeness (QED) is 0.278. The lowest BCUT2D eigenvalue weighted by Gasteiger charge is -2.34. The molecule has 5 nitrogen and oxygen atoms in total. The second-order valence-electron chi connectivity index (χ2n) is 7.84. The van der Waals surface area contributed by atoms with Gasteiger partial charge in [-0.25, -0.2) is 0 Å². The number of carbonyl (C=O) groups is 2. The summed E-state index contributed by atoms with van der Waals surface area (Å²) in [5, 5.41) is 0.124. The second kappa shape index (κ2) is 8.21. The molecule has 1 rings (SSSR count). The first-order valence-electron chi connectivity index (χ1n) is 8.88. The summed E-state index contributed by atoms with van der Waals surface area (Å²) >= 11 is 0. The van der Waals surface area contributed by atoms with Crippen molar-refractivity contribution < 1.29 is 23.5 Å². The monoisotopic (exact) mass is 368 g/mol. The summed E-state index contributed by atoms with van der Waals surface area (Å²) in [7, 11) is -1.85. The van der Waals surface area contributed by atoms with Gasteiger partial charge in [0, 0.05) is 0 Å². The highest BCUT2D eigenvalue weighted by atomic mass is 28.4. The standard InChI is InChI=1S/C19H32O5Si/c1-8-22-16(20)15-14-19(15,17(21)23-9-2)12-10-11-13-24-25(6,7)18(3,4)5/h10-13,15H,8-9,14H2,1-7H3/b12-10-,13-11+/t15-,19+/m1/s1. The Balaban J connectivity index is 2.77. The fourth-order valence-corrected chi connectivity index (χ4v) is 2.99. The van der Waals surface area contributed by atoms with Crippen molar-refractivity contribution >= 4 is 20.3 Å². The van der Waals surface area contributed by atoms with E-state index in [0.717, 1.165) is 0 Å². The molecule has 0 aromatic rings. The molecule has 0 bridgehead atoms. The van der Waals surface area contributed by atoms with Gasteiger partial charge in [0.05, 0.1) is 25.4 Å². The summed E-state index contributed by atoms with van der Waals surface area (Å²) in [5.74, 6) is -1.18. The van der Waals surface area contributed by atoms with Gasteiger partial charge in [-0.05, 0) is 44.5 Å². The number of ether oxygens (including phenoxy) is 2. The molecular formula is C19H32O5Si. The van der Waals surface area contributed by atoms with Crippen molar-refractivity contribution in [2.45, 2.75) is 59.2 Å². The van der Waals surface area contributed by atoms with Gasteiger partial charge in [-0.3, -0.25) is 9.59 Å². The van der Waals surface area contributed by atoms with Gasteiger partial charge in [-0.2, -0.15) is 0 Å². The maximum absolute atomic E-state index is 12.3. The molecule has 1 saturated carbocycles. The van der Waals surface area contributed by atoms with E-state index in [2.05, 4.69) is 33.9 Å². The van der Waals surface area contributed by atoms with Crippen molar-refractivity contribution in [2.24, 2.45) is 11.3 Å². The number of hydrogen-bond donors (Lipinski definition) is 0. The highest BCUT2D eigenvalue weighted by molar-refractivity contribution is 6.74. The minimum absolute atomic E-state index is 0.124. The van der Waals surface area contributed by atoms with Crippen LogP contribution in [0, 0.1) is 11.3 Å². The van der Waals surface area contributed by atoms with Crippen LogP contribution >= 0.6 is 0 Å². The Morgan fingerprint density at radius 2 is 1.72 bits per heavy atom. The minimum atomic E-state index is -1.85. The van der Waals surface area contributed by atoms with E-state index in [1.54, 1.807) is 38.3 Å². The summed E-state index contributed by atoms with van der Waals surface area (Å²) in [4.78, 5) is 24.2. The summed E-state index contributed by atoms with van der Waals surface area (Å²) in [5.41, 5.74) is -0.899. The number of esters is 2. The van der Waals surface area contributed by atoms with E-state index in [0.29, 0.717) is 13.0 Å². The zero-order valence-electron chi connectivity index (χ0n) is 16.5. The molecule has 6 heteroatoms. The Bertz CT molecular complexity index is 545. The molecule has 0 spiro atoms. The Hall–Kier alpha value is -1.56. The van der Waals surface area contributed by atoms with E-state index >= 15 is 0 Å². The van der Waals surface area contributed by atoms with Gasteiger partial charge in [0.15, 0.2) is 0 Å². The molecule has 0 N–H and O–H groups in total. The molecule has 0 heterocycles. The molecule has 25 heavy (non-hydrogen) atoms. The van der Waals surface area contributed by atoms with Crippen LogP contribution in [-0.2, 0) is 23.5 Å². The van der Waals surface area contributed by atoms with Crippen LogP contribution in [0.5, 0.6) is 0 Å². The summed E-state index contributed by atoms with van der Waals surface area (Å²) in [6, 6.07) is 0. The summed E-state index contributed by atoms with van der Waals surface area (Å²) < 4.78 is 16.1. The van der Waals surface area contributed by atoms with Crippen LogP contribution in [0.1, 0.15) is 41.0 Å². The highest BCUT2D eigenvalue weighted by Crippen LogP contribution is 2.55. The number of hydrogen-bond acceptors (Lipinski definition) is 5. The number of carbonyl (C=O) groups excluding carboxylic acids is 2. The Kier molecular flexibility index (Phi) is 7.05. The zero-order valence-corrected chi connectivity index (χ0v) is 17.5. The molecule has 0 aliphatic heterocycles. The van der Waals surface area contributed by atoms with Gasteiger partial charge in [-0.1, -0.05) is 32.9 Å². The van der Waals surface area contributed by atoms with E-state index < -0.39 is 19.7 Å². The molecule has 1 aliphatic rings. The van der Waals surface area contributed by atoms with E-state index in [1.165, 1.54) is 0 Å². The minimum Gasteiger partial charge on any atom is -0.549 e. The van der Waals surface area contributed by atoms with Crippen molar-refractivity contribution in [3.8, 4) is 0 Å². The molecule has 1 aliphatic carbocycles. The topological polar surface area (TPSA) is 61.8 Å². The average Bonchev–Trinajstić information content (AvgIpc) is 3.22. The SMILES string of the molecule is CCOC(=O)[C@H]1C[C@]1(/C=C\C=C\O[Si](C)(C)C(C)(C)C)C(=O)OCC. The third-order valence-electron chi connectivity index (χ3n) is 4.98. The fourth-order valence-electron chi connectivity index (χ4n) is 2.22. The lowest BCUT2D eigenvalue weighted by atomic mass is 10.0. The lowest BCUT2D eigenvalue weighted by molar-refractivity contribution is -0.153. The summed E-state index contributed by atoms with van der Waals surface area (Å²) in [6.45, 7) is 14.9. The molecule has 0 unspecified atom stereocenters. The van der Waals surface area contributed by atoms with Crippen LogP contribution in [0.4, 0.5) is 0 Å². The van der Waals surface area contributed by atoms with Gasteiger partial charge in [0.2, 0.25) is 8.32 Å². The van der Waals surface area contributed by atoms with Crippen LogP contribution in [0.2, 0.25) is 18.1 Å². The highest BCUT2D eigenvalue weighted by Gasteiger charge is 2.64. The molecule has 0 aromatic heterocycles. The van der Waals surface area contributed by atoms with E-state index in [-0.39, 0.29) is 23.6 Å². The molecule has 142 valence electrons. The third kappa shape index (κ3) is 5.20. The molecule has 0 radical (unpaired) electrons. The second-order valence-corrected chi connectivity index (χ2v) is 12.6. The smallest absolute Gasteiger partial charge is 0.316 e. The predicted molar refractivity (Wildman–Crippen MR) is 100 cm³/mol. The zero-order chi connectivity index (χ0) is 19.3. The fraction of sp³-hybridized carbons (Fsp3) is 0.684. The van der Waals surface area contributed by atoms with Gasteiger partial charge in [0.25, 0.3) is 0 Å². The normalized spacial score (nSPS) is 23.7. The van der Waals surface area contributed by atoms with Crippen molar-refractivity contribution in [3.05, 3.63) is 24.5 Å². The first-order chi connectivity index (χ1) is 11.5. The van der Waals surface area contributed by atoms with Gasteiger partial charge in [0.1, 0.15) is 5.41 Å². The summed E-state index contributed by atoms with van der Waals surface area (Å²) in [6.07, 6.45) is 7.36. The molecule has 0 amide bonds. The predicted octanol–water partition coefficient (Wildman–Crippen LogP) is 4.21. The van der Waals surface area contributed by atoms with Crippen LogP contribution in [0.25, 0.3) is 0 Å². The molecule has 2 atom stereocenters. The Morgan fingerprint density at radius 1 is 1.12 bits per heavy atom. The van der Waals surface area contributed by atoms with Crippen LogP contribution in [-0.4, -0.2) is 33.5 Å². The largest absolute Gasteiger partial charge is 0.549 e. The maximum atomic E-state index is 12.3. The third-order valence-corrected chi connectivity index (χ3v) is 9.32. The first-order valence-corrected chi connectivity index (χ1v) is 11.8. The Labute approximate surface area is 152 Å². The van der Waals surface area contributed by atoms with Gasteiger partial charge >= 0.3 is 11.9 Å². The van der Waals surface area contributed by atoms with Crippen LogP contribution in [0.3, 0.4) is 0 Å². The van der Waals surface area contributed by atoms with Crippen molar-refractivity contribution in [1.82, 2.24) is 0 Å². The van der Waals surface area contributed by atoms with E-state index in [1.807, 2.05) is 0 Å². The van der Waals surface area contributed by atoms with Crippen LogP contribution < -0.4 is 0 Å². The number of rotatable bonds is 8. The number of allylic oxidation sites excluding steroid dienone is 2. The van der Waals surface area contributed by atoms with E-state index in [4.69, 9.17) is 13.9 Å². The molecule has 0 aromatic carbocycles. The van der Waals surface area contributed by atoms with Gasteiger partial charge in [-0.15, -0.1) is 0 Å².